The largest absolute Gasteiger partial charge is 0.488 e. The molecule has 2 rings (SSSR count). The molecule has 0 radical (unpaired) electrons. The van der Waals surface area contributed by atoms with E-state index in [2.05, 4.69) is 75.3 Å². The number of hydrogen-bond acceptors (Lipinski definition) is 2. The number of rotatable bonds is 6. The van der Waals surface area contributed by atoms with Crippen molar-refractivity contribution in [1.29, 1.82) is 0 Å². The second-order valence-electron chi connectivity index (χ2n) is 5.22. The van der Waals surface area contributed by atoms with Crippen LogP contribution in [0.2, 0.25) is 0 Å². The Balaban J connectivity index is 1.95. The Hall–Kier alpha value is -0.840. The molecule has 0 aliphatic rings. The van der Waals surface area contributed by atoms with E-state index in [1.54, 1.807) is 0 Å². The SMILES string of the molecule is CC(C)NCc1ccc(OCc2ccc(Br)cc2)c(Br)c1. The summed E-state index contributed by atoms with van der Waals surface area (Å²) in [5, 5.41) is 3.41. The highest BCUT2D eigenvalue weighted by Gasteiger charge is 2.04. The third-order valence-corrected chi connectivity index (χ3v) is 4.17. The third-order valence-electron chi connectivity index (χ3n) is 3.02. The number of nitrogens with one attached hydrogen (secondary N) is 1. The molecular formula is C17H19Br2NO. The lowest BCUT2D eigenvalue weighted by atomic mass is 10.2. The molecule has 2 aromatic carbocycles. The number of ether oxygens (including phenoxy) is 1. The molecule has 2 aromatic rings. The standard InChI is InChI=1S/C17H19Br2NO/c1-12(2)20-10-14-5-8-17(16(19)9-14)21-11-13-3-6-15(18)7-4-13/h3-9,12,20H,10-11H2,1-2H3. The van der Waals surface area contributed by atoms with Crippen molar-refractivity contribution in [2.45, 2.75) is 33.0 Å². The molecule has 0 aliphatic heterocycles. The Morgan fingerprint density at radius 3 is 2.29 bits per heavy atom. The van der Waals surface area contributed by atoms with Crippen LogP contribution < -0.4 is 10.1 Å². The van der Waals surface area contributed by atoms with Crippen molar-refractivity contribution in [2.24, 2.45) is 0 Å². The van der Waals surface area contributed by atoms with Crippen molar-refractivity contribution in [2.75, 3.05) is 0 Å². The molecule has 112 valence electrons. The predicted molar refractivity (Wildman–Crippen MR) is 94.6 cm³/mol. The molecule has 0 saturated heterocycles. The molecule has 0 spiro atoms. The summed E-state index contributed by atoms with van der Waals surface area (Å²) in [7, 11) is 0. The predicted octanol–water partition coefficient (Wildman–Crippen LogP) is 5.29. The maximum atomic E-state index is 5.86. The fourth-order valence-corrected chi connectivity index (χ4v) is 2.64. The summed E-state index contributed by atoms with van der Waals surface area (Å²) in [5.74, 6) is 0.867. The zero-order chi connectivity index (χ0) is 15.2. The molecule has 0 unspecified atom stereocenters. The van der Waals surface area contributed by atoms with E-state index in [0.717, 1.165) is 26.8 Å². The van der Waals surface area contributed by atoms with Crippen LogP contribution in [-0.2, 0) is 13.2 Å². The molecule has 1 N–H and O–H groups in total. The highest BCUT2D eigenvalue weighted by Crippen LogP contribution is 2.27. The summed E-state index contributed by atoms with van der Waals surface area (Å²) in [5.41, 5.74) is 2.39. The zero-order valence-electron chi connectivity index (χ0n) is 12.2. The molecule has 0 aliphatic carbocycles. The van der Waals surface area contributed by atoms with E-state index in [1.807, 2.05) is 18.2 Å². The molecule has 4 heteroatoms. The topological polar surface area (TPSA) is 21.3 Å². The second kappa shape index (κ2) is 7.97. The first-order valence-corrected chi connectivity index (χ1v) is 8.52. The van der Waals surface area contributed by atoms with Crippen LogP contribution in [0, 0.1) is 0 Å². The molecule has 2 nitrogen and oxygen atoms in total. The fourth-order valence-electron chi connectivity index (χ4n) is 1.84. The first-order valence-electron chi connectivity index (χ1n) is 6.93. The summed E-state index contributed by atoms with van der Waals surface area (Å²) in [4.78, 5) is 0. The number of benzene rings is 2. The van der Waals surface area contributed by atoms with Gasteiger partial charge in [-0.25, -0.2) is 0 Å². The van der Waals surface area contributed by atoms with Gasteiger partial charge in [0.05, 0.1) is 4.47 Å². The minimum Gasteiger partial charge on any atom is -0.488 e. The van der Waals surface area contributed by atoms with Gasteiger partial charge in [0.1, 0.15) is 12.4 Å². The van der Waals surface area contributed by atoms with Crippen molar-refractivity contribution >= 4 is 31.9 Å². The molecule has 0 atom stereocenters. The van der Waals surface area contributed by atoms with Crippen LogP contribution >= 0.6 is 31.9 Å². The van der Waals surface area contributed by atoms with Crippen LogP contribution in [0.3, 0.4) is 0 Å². The maximum Gasteiger partial charge on any atom is 0.134 e. The Morgan fingerprint density at radius 1 is 1.00 bits per heavy atom. The van der Waals surface area contributed by atoms with E-state index >= 15 is 0 Å². The van der Waals surface area contributed by atoms with Gasteiger partial charge in [-0.05, 0) is 51.3 Å². The molecular weight excluding hydrogens is 394 g/mol. The van der Waals surface area contributed by atoms with Gasteiger partial charge in [0.25, 0.3) is 0 Å². The van der Waals surface area contributed by atoms with Crippen LogP contribution in [0.5, 0.6) is 5.75 Å². The summed E-state index contributed by atoms with van der Waals surface area (Å²) in [6, 6.07) is 14.8. The van der Waals surface area contributed by atoms with Gasteiger partial charge in [0, 0.05) is 17.1 Å². The maximum absolute atomic E-state index is 5.86. The van der Waals surface area contributed by atoms with Crippen LogP contribution in [0.25, 0.3) is 0 Å². The average molecular weight is 413 g/mol. The second-order valence-corrected chi connectivity index (χ2v) is 6.99. The van der Waals surface area contributed by atoms with Gasteiger partial charge in [-0.15, -0.1) is 0 Å². The Morgan fingerprint density at radius 2 is 1.67 bits per heavy atom. The Bertz CT molecular complexity index is 582. The van der Waals surface area contributed by atoms with Crippen molar-refractivity contribution in [1.82, 2.24) is 5.32 Å². The van der Waals surface area contributed by atoms with E-state index < -0.39 is 0 Å². The van der Waals surface area contributed by atoms with E-state index in [9.17, 15) is 0 Å². The van der Waals surface area contributed by atoms with E-state index in [1.165, 1.54) is 5.56 Å². The van der Waals surface area contributed by atoms with Gasteiger partial charge in [0.2, 0.25) is 0 Å². The first kappa shape index (κ1) is 16.5. The molecule has 0 aromatic heterocycles. The van der Waals surface area contributed by atoms with Crippen LogP contribution in [0.1, 0.15) is 25.0 Å². The molecule has 0 heterocycles. The molecule has 21 heavy (non-hydrogen) atoms. The zero-order valence-corrected chi connectivity index (χ0v) is 15.4. The van der Waals surface area contributed by atoms with E-state index in [4.69, 9.17) is 4.74 Å². The van der Waals surface area contributed by atoms with Gasteiger partial charge < -0.3 is 10.1 Å². The minimum atomic E-state index is 0.483. The van der Waals surface area contributed by atoms with Gasteiger partial charge in [-0.2, -0.15) is 0 Å². The van der Waals surface area contributed by atoms with Gasteiger partial charge in [-0.1, -0.05) is 48.0 Å². The lowest BCUT2D eigenvalue weighted by Gasteiger charge is -2.12. The molecule has 0 fully saturated rings. The summed E-state index contributed by atoms with van der Waals surface area (Å²) in [6.45, 7) is 5.72. The van der Waals surface area contributed by atoms with Crippen molar-refractivity contribution in [3.63, 3.8) is 0 Å². The lowest BCUT2D eigenvalue weighted by molar-refractivity contribution is 0.304. The summed E-state index contributed by atoms with van der Waals surface area (Å²) in [6.07, 6.45) is 0. The number of hydrogen-bond donors (Lipinski definition) is 1. The van der Waals surface area contributed by atoms with Gasteiger partial charge in [0.15, 0.2) is 0 Å². The molecule has 0 saturated carbocycles. The highest BCUT2D eigenvalue weighted by atomic mass is 79.9. The summed E-state index contributed by atoms with van der Waals surface area (Å²) < 4.78 is 7.93. The normalized spacial score (nSPS) is 10.9. The minimum absolute atomic E-state index is 0.483. The third kappa shape index (κ3) is 5.46. The quantitative estimate of drug-likeness (QED) is 0.695. The van der Waals surface area contributed by atoms with Crippen LogP contribution in [-0.4, -0.2) is 6.04 Å². The van der Waals surface area contributed by atoms with Gasteiger partial charge in [-0.3, -0.25) is 0 Å². The highest BCUT2D eigenvalue weighted by molar-refractivity contribution is 9.10. The smallest absolute Gasteiger partial charge is 0.134 e. The Labute approximate surface area is 143 Å². The van der Waals surface area contributed by atoms with Crippen molar-refractivity contribution in [3.05, 3.63) is 62.5 Å². The van der Waals surface area contributed by atoms with E-state index in [0.29, 0.717) is 12.6 Å². The van der Waals surface area contributed by atoms with Crippen molar-refractivity contribution < 1.29 is 4.74 Å². The summed E-state index contributed by atoms with van der Waals surface area (Å²) >= 11 is 7.01. The van der Waals surface area contributed by atoms with Crippen LogP contribution in [0.4, 0.5) is 0 Å². The molecule has 0 amide bonds. The lowest BCUT2D eigenvalue weighted by Crippen LogP contribution is -2.21. The van der Waals surface area contributed by atoms with E-state index in [-0.39, 0.29) is 0 Å². The monoisotopic (exact) mass is 411 g/mol. The van der Waals surface area contributed by atoms with Crippen LogP contribution in [0.15, 0.2) is 51.4 Å². The Kier molecular flexibility index (Phi) is 6.27. The average Bonchev–Trinajstić information content (AvgIpc) is 2.46. The number of halogens is 2. The van der Waals surface area contributed by atoms with Crippen molar-refractivity contribution in [3.8, 4) is 5.75 Å². The first-order chi connectivity index (χ1) is 10.0. The van der Waals surface area contributed by atoms with Gasteiger partial charge >= 0.3 is 0 Å². The molecule has 0 bridgehead atoms. The fraction of sp³-hybridized carbons (Fsp3) is 0.294.